The van der Waals surface area contributed by atoms with Crippen LogP contribution in [0.5, 0.6) is 0 Å². The Morgan fingerprint density at radius 3 is 0.969 bits per heavy atom. The molecule has 0 atom stereocenters. The molecule has 0 saturated heterocycles. The summed E-state index contributed by atoms with van der Waals surface area (Å²) in [6.45, 7) is 2.14. The van der Waals surface area contributed by atoms with Crippen LogP contribution in [0, 0.1) is 6.92 Å². The van der Waals surface area contributed by atoms with Gasteiger partial charge in [0.05, 0.1) is 22.1 Å². The highest BCUT2D eigenvalue weighted by molar-refractivity contribution is 6.12. The Hall–Kier alpha value is -8.60. The summed E-state index contributed by atoms with van der Waals surface area (Å²) in [7, 11) is 0. The van der Waals surface area contributed by atoms with Crippen LogP contribution in [0.4, 0.5) is 34.1 Å². The van der Waals surface area contributed by atoms with Crippen molar-refractivity contribution in [2.45, 2.75) is 6.92 Å². The molecule has 0 saturated carbocycles. The second-order valence-corrected chi connectivity index (χ2v) is 16.7. The summed E-state index contributed by atoms with van der Waals surface area (Å²) in [5.74, 6) is 0. The summed E-state index contributed by atoms with van der Waals surface area (Å²) < 4.78 is 4.79. The number of aromatic nitrogens is 2. The van der Waals surface area contributed by atoms with Crippen molar-refractivity contribution in [3.05, 3.63) is 254 Å². The minimum atomic E-state index is 1.08. The van der Waals surface area contributed by atoms with E-state index >= 15 is 0 Å². The molecule has 10 aromatic carbocycles. The molecular formula is C61H44N4. The van der Waals surface area contributed by atoms with E-state index in [0.29, 0.717) is 0 Å². The van der Waals surface area contributed by atoms with Gasteiger partial charge in [0.15, 0.2) is 0 Å². The third kappa shape index (κ3) is 6.71. The zero-order valence-corrected chi connectivity index (χ0v) is 36.0. The molecule has 0 aliphatic rings. The van der Waals surface area contributed by atoms with Gasteiger partial charge in [0.2, 0.25) is 0 Å². The van der Waals surface area contributed by atoms with Crippen LogP contribution in [-0.4, -0.2) is 9.13 Å². The predicted molar refractivity (Wildman–Crippen MR) is 275 cm³/mol. The molecular weight excluding hydrogens is 789 g/mol. The van der Waals surface area contributed by atoms with Crippen molar-refractivity contribution < 1.29 is 0 Å². The fourth-order valence-corrected chi connectivity index (χ4v) is 9.68. The summed E-state index contributed by atoms with van der Waals surface area (Å²) in [5.41, 5.74) is 17.3. The number of benzene rings is 10. The van der Waals surface area contributed by atoms with Gasteiger partial charge in [-0.3, -0.25) is 0 Å². The number of hydrogen-bond donors (Lipinski definition) is 0. The van der Waals surface area contributed by atoms with Crippen LogP contribution in [0.1, 0.15) is 5.56 Å². The molecule has 4 nitrogen and oxygen atoms in total. The van der Waals surface area contributed by atoms with E-state index in [1.807, 2.05) is 0 Å². The molecule has 65 heavy (non-hydrogen) atoms. The number of aryl methyl sites for hydroxylation is 1. The molecule has 0 aliphatic heterocycles. The van der Waals surface area contributed by atoms with Crippen molar-refractivity contribution >= 4 is 77.7 Å². The first-order chi connectivity index (χ1) is 32.2. The van der Waals surface area contributed by atoms with Crippen molar-refractivity contribution in [3.8, 4) is 22.5 Å². The highest BCUT2D eigenvalue weighted by atomic mass is 15.2. The van der Waals surface area contributed by atoms with E-state index in [4.69, 9.17) is 0 Å². The Labute approximate surface area is 378 Å². The van der Waals surface area contributed by atoms with Gasteiger partial charge in [0.1, 0.15) is 0 Å². The van der Waals surface area contributed by atoms with Crippen LogP contribution >= 0.6 is 0 Å². The highest BCUT2D eigenvalue weighted by Crippen LogP contribution is 2.41. The third-order valence-electron chi connectivity index (χ3n) is 12.7. The summed E-state index contributed by atoms with van der Waals surface area (Å²) >= 11 is 0. The largest absolute Gasteiger partial charge is 0.311 e. The van der Waals surface area contributed by atoms with Gasteiger partial charge in [-0.1, -0.05) is 121 Å². The van der Waals surface area contributed by atoms with Crippen LogP contribution < -0.4 is 9.80 Å². The lowest BCUT2D eigenvalue weighted by Crippen LogP contribution is -2.12. The Bertz CT molecular complexity index is 3590. The molecule has 2 aromatic heterocycles. The third-order valence-corrected chi connectivity index (χ3v) is 12.7. The number of rotatable bonds is 9. The van der Waals surface area contributed by atoms with Crippen LogP contribution in [-0.2, 0) is 0 Å². The second kappa shape index (κ2) is 15.9. The minimum absolute atomic E-state index is 1.08. The van der Waals surface area contributed by atoms with Gasteiger partial charge in [-0.15, -0.1) is 0 Å². The molecule has 12 rings (SSSR count). The zero-order chi connectivity index (χ0) is 43.3. The highest BCUT2D eigenvalue weighted by Gasteiger charge is 2.19. The number of hydrogen-bond acceptors (Lipinski definition) is 2. The van der Waals surface area contributed by atoms with E-state index in [2.05, 4.69) is 275 Å². The fraction of sp³-hybridized carbons (Fsp3) is 0.0164. The molecule has 0 bridgehead atoms. The van der Waals surface area contributed by atoms with Crippen LogP contribution in [0.15, 0.2) is 249 Å². The van der Waals surface area contributed by atoms with Gasteiger partial charge in [0, 0.05) is 67.0 Å². The standard InChI is InChI=1S/C61H44N4/c1-43-25-29-52(30-26-43)64-58-23-13-11-21-54(58)56-41-44(27-39-60(56)64)45-28-40-61-57(42-45)55-22-12-14-24-59(55)65(61)53-37-35-51(36-38-53)63(48-19-9-4-10-20-48)50-33-31-49(32-34-50)62(46-15-5-2-6-16-46)47-17-7-3-8-18-47/h2-42H,1H3. The first kappa shape index (κ1) is 38.1. The van der Waals surface area contributed by atoms with Crippen LogP contribution in [0.3, 0.4) is 0 Å². The number of fused-ring (bicyclic) bond motifs is 6. The number of para-hydroxylation sites is 5. The Balaban J connectivity index is 0.915. The molecule has 0 radical (unpaired) electrons. The molecule has 0 aliphatic carbocycles. The smallest absolute Gasteiger partial charge is 0.0541 e. The van der Waals surface area contributed by atoms with Gasteiger partial charge in [-0.2, -0.15) is 0 Å². The number of nitrogens with zero attached hydrogens (tertiary/aromatic N) is 4. The second-order valence-electron chi connectivity index (χ2n) is 16.7. The molecule has 4 heteroatoms. The SMILES string of the molecule is Cc1ccc(-n2c3ccccc3c3cc(-c4ccc5c(c4)c4ccccc4n5-c4ccc(N(c5ccccc5)c5ccc(N(c6ccccc6)c6ccccc6)cc5)cc4)ccc32)cc1. The van der Waals surface area contributed by atoms with E-state index in [-0.39, 0.29) is 0 Å². The summed E-state index contributed by atoms with van der Waals surface area (Å²) in [4.78, 5) is 4.63. The Morgan fingerprint density at radius 2 is 0.569 bits per heavy atom. The average molecular weight is 833 g/mol. The van der Waals surface area contributed by atoms with E-state index in [9.17, 15) is 0 Å². The molecule has 0 fully saturated rings. The van der Waals surface area contributed by atoms with Gasteiger partial charge >= 0.3 is 0 Å². The number of anilines is 6. The summed E-state index contributed by atoms with van der Waals surface area (Å²) in [6.07, 6.45) is 0. The Morgan fingerprint density at radius 1 is 0.262 bits per heavy atom. The summed E-state index contributed by atoms with van der Waals surface area (Å²) in [6, 6.07) is 89.8. The van der Waals surface area contributed by atoms with E-state index in [1.54, 1.807) is 0 Å². The first-order valence-electron chi connectivity index (χ1n) is 22.3. The topological polar surface area (TPSA) is 16.3 Å². The molecule has 2 heterocycles. The minimum Gasteiger partial charge on any atom is -0.311 e. The molecule has 0 N–H and O–H groups in total. The zero-order valence-electron chi connectivity index (χ0n) is 36.0. The molecule has 12 aromatic rings. The van der Waals surface area contributed by atoms with Gasteiger partial charge < -0.3 is 18.9 Å². The Kier molecular flexibility index (Phi) is 9.35. The molecule has 0 amide bonds. The van der Waals surface area contributed by atoms with Gasteiger partial charge in [-0.05, 0) is 152 Å². The van der Waals surface area contributed by atoms with Crippen molar-refractivity contribution in [1.29, 1.82) is 0 Å². The van der Waals surface area contributed by atoms with Crippen molar-refractivity contribution in [2.24, 2.45) is 0 Å². The van der Waals surface area contributed by atoms with Crippen molar-refractivity contribution in [1.82, 2.24) is 9.13 Å². The molecule has 0 spiro atoms. The van der Waals surface area contributed by atoms with Crippen molar-refractivity contribution in [2.75, 3.05) is 9.80 Å². The van der Waals surface area contributed by atoms with E-state index in [1.165, 1.54) is 66.0 Å². The maximum Gasteiger partial charge on any atom is 0.0541 e. The fourth-order valence-electron chi connectivity index (χ4n) is 9.68. The lowest BCUT2D eigenvalue weighted by atomic mass is 10.0. The maximum absolute atomic E-state index is 2.40. The predicted octanol–water partition coefficient (Wildman–Crippen LogP) is 16.8. The van der Waals surface area contributed by atoms with Gasteiger partial charge in [0.25, 0.3) is 0 Å². The quantitative estimate of drug-likeness (QED) is 0.144. The monoisotopic (exact) mass is 832 g/mol. The van der Waals surface area contributed by atoms with Crippen molar-refractivity contribution in [3.63, 3.8) is 0 Å². The molecule has 0 unspecified atom stereocenters. The average Bonchev–Trinajstić information content (AvgIpc) is 3.88. The van der Waals surface area contributed by atoms with E-state index < -0.39 is 0 Å². The first-order valence-corrected chi connectivity index (χ1v) is 22.3. The van der Waals surface area contributed by atoms with Gasteiger partial charge in [-0.25, -0.2) is 0 Å². The molecule has 308 valence electrons. The van der Waals surface area contributed by atoms with E-state index in [0.717, 1.165) is 39.8 Å². The normalized spacial score (nSPS) is 11.5. The lowest BCUT2D eigenvalue weighted by Gasteiger charge is -2.28. The van der Waals surface area contributed by atoms with Crippen LogP contribution in [0.25, 0.3) is 66.1 Å². The van der Waals surface area contributed by atoms with Crippen LogP contribution in [0.2, 0.25) is 0 Å². The lowest BCUT2D eigenvalue weighted by molar-refractivity contribution is 1.17. The maximum atomic E-state index is 2.40. The summed E-state index contributed by atoms with van der Waals surface area (Å²) in [5, 5.41) is 4.97.